The summed E-state index contributed by atoms with van der Waals surface area (Å²) in [5, 5.41) is 2.99. The molecule has 1 N–H and O–H groups in total. The number of hydrogen-bond acceptors (Lipinski definition) is 5. The molecule has 1 saturated heterocycles. The second-order valence-corrected chi connectivity index (χ2v) is 8.37. The number of benzene rings is 3. The molecule has 0 aliphatic carbocycles. The molecule has 0 bridgehead atoms. The Morgan fingerprint density at radius 1 is 0.972 bits per heavy atom. The highest BCUT2D eigenvalue weighted by atomic mass is 19.1. The quantitative estimate of drug-likeness (QED) is 0.391. The van der Waals surface area contributed by atoms with Crippen molar-refractivity contribution in [1.82, 2.24) is 15.1 Å². The minimum atomic E-state index is -0.263. The Morgan fingerprint density at radius 3 is 2.36 bits per heavy atom. The van der Waals surface area contributed by atoms with Crippen LogP contribution in [0.5, 0.6) is 11.5 Å². The van der Waals surface area contributed by atoms with Crippen molar-refractivity contribution < 1.29 is 18.7 Å². The highest BCUT2D eigenvalue weighted by Crippen LogP contribution is 2.27. The maximum atomic E-state index is 14.1. The van der Waals surface area contributed by atoms with Crippen molar-refractivity contribution in [3.05, 3.63) is 89.7 Å². The standard InChI is InChI=1S/C28H31FN4O3/c1-3-36-23-14-12-21(13-15-23)27(34)31-28(30-25-10-6-7-11-26(25)35-2)33-18-16-32(17-19-33)20-22-8-4-5-9-24(22)29/h4-15H,3,16-20H2,1-2H3,(H,30,31,34). The summed E-state index contributed by atoms with van der Waals surface area (Å²) in [5.41, 5.74) is 1.80. The van der Waals surface area contributed by atoms with E-state index in [2.05, 4.69) is 10.2 Å². The summed E-state index contributed by atoms with van der Waals surface area (Å²) in [7, 11) is 1.59. The molecule has 0 radical (unpaired) electrons. The Morgan fingerprint density at radius 2 is 1.67 bits per heavy atom. The lowest BCUT2D eigenvalue weighted by Gasteiger charge is -2.36. The number of para-hydroxylation sites is 2. The molecular formula is C28H31FN4O3. The first-order valence-electron chi connectivity index (χ1n) is 12.0. The van der Waals surface area contributed by atoms with Crippen molar-refractivity contribution in [2.45, 2.75) is 13.5 Å². The van der Waals surface area contributed by atoms with E-state index in [4.69, 9.17) is 14.5 Å². The van der Waals surface area contributed by atoms with Gasteiger partial charge in [0.25, 0.3) is 5.91 Å². The third-order valence-electron chi connectivity index (χ3n) is 5.99. The Labute approximate surface area is 211 Å². The summed E-state index contributed by atoms with van der Waals surface area (Å²) in [6, 6.07) is 21.3. The van der Waals surface area contributed by atoms with Gasteiger partial charge in [-0.3, -0.25) is 15.0 Å². The highest BCUT2D eigenvalue weighted by molar-refractivity contribution is 6.06. The van der Waals surface area contributed by atoms with Crippen LogP contribution in [-0.4, -0.2) is 61.6 Å². The largest absolute Gasteiger partial charge is 0.494 e. The van der Waals surface area contributed by atoms with Crippen LogP contribution in [0.2, 0.25) is 0 Å². The molecular weight excluding hydrogens is 459 g/mol. The van der Waals surface area contributed by atoms with Crippen molar-refractivity contribution in [3.8, 4) is 11.5 Å². The summed E-state index contributed by atoms with van der Waals surface area (Å²) in [6.07, 6.45) is 0. The first-order chi connectivity index (χ1) is 17.6. The van der Waals surface area contributed by atoms with Gasteiger partial charge in [0.1, 0.15) is 23.0 Å². The fourth-order valence-corrected chi connectivity index (χ4v) is 4.04. The van der Waals surface area contributed by atoms with Gasteiger partial charge in [-0.25, -0.2) is 9.38 Å². The number of nitrogens with zero attached hydrogens (tertiary/aromatic N) is 3. The fourth-order valence-electron chi connectivity index (χ4n) is 4.04. The third kappa shape index (κ3) is 6.40. The van der Waals surface area contributed by atoms with Gasteiger partial charge in [0, 0.05) is 43.9 Å². The topological polar surface area (TPSA) is 66.4 Å². The Bertz CT molecular complexity index is 1190. The Kier molecular flexibility index (Phi) is 8.52. The molecule has 7 nitrogen and oxygen atoms in total. The van der Waals surface area contributed by atoms with E-state index in [0.717, 1.165) is 0 Å². The van der Waals surface area contributed by atoms with Crippen LogP contribution in [0.4, 0.5) is 10.1 Å². The molecule has 0 aromatic heterocycles. The molecule has 0 atom stereocenters. The van der Waals surface area contributed by atoms with E-state index in [1.165, 1.54) is 6.07 Å². The number of nitrogens with one attached hydrogen (secondary N) is 1. The summed E-state index contributed by atoms with van der Waals surface area (Å²) in [4.78, 5) is 22.1. The van der Waals surface area contributed by atoms with E-state index in [1.54, 1.807) is 37.4 Å². The van der Waals surface area contributed by atoms with Gasteiger partial charge in [0.05, 0.1) is 13.7 Å². The predicted molar refractivity (Wildman–Crippen MR) is 138 cm³/mol. The molecule has 0 saturated carbocycles. The van der Waals surface area contributed by atoms with E-state index < -0.39 is 0 Å². The van der Waals surface area contributed by atoms with E-state index in [1.807, 2.05) is 48.2 Å². The zero-order chi connectivity index (χ0) is 25.3. The maximum absolute atomic E-state index is 14.1. The average molecular weight is 491 g/mol. The number of guanidine groups is 1. The number of carbonyl (C=O) groups excluding carboxylic acids is 1. The lowest BCUT2D eigenvalue weighted by Crippen LogP contribution is -2.53. The highest BCUT2D eigenvalue weighted by Gasteiger charge is 2.23. The van der Waals surface area contributed by atoms with Gasteiger partial charge in [0.15, 0.2) is 0 Å². The molecule has 4 rings (SSSR count). The van der Waals surface area contributed by atoms with Gasteiger partial charge in [0.2, 0.25) is 5.96 Å². The first-order valence-corrected chi connectivity index (χ1v) is 12.0. The minimum Gasteiger partial charge on any atom is -0.494 e. The summed E-state index contributed by atoms with van der Waals surface area (Å²) >= 11 is 0. The van der Waals surface area contributed by atoms with Crippen molar-refractivity contribution in [1.29, 1.82) is 0 Å². The molecule has 1 heterocycles. The van der Waals surface area contributed by atoms with Crippen LogP contribution in [0.15, 0.2) is 77.8 Å². The zero-order valence-corrected chi connectivity index (χ0v) is 20.6. The van der Waals surface area contributed by atoms with Crippen LogP contribution < -0.4 is 14.8 Å². The van der Waals surface area contributed by atoms with Gasteiger partial charge in [-0.05, 0) is 49.4 Å². The monoisotopic (exact) mass is 490 g/mol. The van der Waals surface area contributed by atoms with E-state index in [-0.39, 0.29) is 11.7 Å². The molecule has 0 unspecified atom stereocenters. The zero-order valence-electron chi connectivity index (χ0n) is 20.6. The lowest BCUT2D eigenvalue weighted by atomic mass is 10.2. The Hall–Kier alpha value is -3.91. The molecule has 1 aliphatic heterocycles. The number of piperazine rings is 1. The van der Waals surface area contributed by atoms with Crippen LogP contribution in [0.25, 0.3) is 0 Å². The first kappa shape index (κ1) is 25.2. The number of amides is 1. The number of carbonyl (C=O) groups is 1. The Balaban J connectivity index is 1.51. The van der Waals surface area contributed by atoms with Crippen LogP contribution in [0.1, 0.15) is 22.8 Å². The summed E-state index contributed by atoms with van der Waals surface area (Å²) in [6.45, 7) is 5.69. The predicted octanol–water partition coefficient (Wildman–Crippen LogP) is 4.47. The second-order valence-electron chi connectivity index (χ2n) is 8.37. The van der Waals surface area contributed by atoms with Gasteiger partial charge >= 0.3 is 0 Å². The molecule has 1 amide bonds. The number of ether oxygens (including phenoxy) is 2. The van der Waals surface area contributed by atoms with Gasteiger partial charge in [-0.15, -0.1) is 0 Å². The molecule has 3 aromatic carbocycles. The molecule has 3 aromatic rings. The van der Waals surface area contributed by atoms with Crippen molar-refractivity contribution in [3.63, 3.8) is 0 Å². The number of aliphatic imine (C=N–C) groups is 1. The number of methoxy groups -OCH3 is 1. The van der Waals surface area contributed by atoms with E-state index in [0.29, 0.717) is 73.6 Å². The SMILES string of the molecule is CCOc1ccc(C(=O)NC(=Nc2ccccc2OC)N2CCN(Cc3ccccc3F)CC2)cc1. The van der Waals surface area contributed by atoms with E-state index >= 15 is 0 Å². The lowest BCUT2D eigenvalue weighted by molar-refractivity contribution is 0.0967. The molecule has 36 heavy (non-hydrogen) atoms. The smallest absolute Gasteiger partial charge is 0.257 e. The number of hydrogen-bond donors (Lipinski definition) is 1. The van der Waals surface area contributed by atoms with Crippen molar-refractivity contribution in [2.75, 3.05) is 39.9 Å². The van der Waals surface area contributed by atoms with E-state index in [9.17, 15) is 9.18 Å². The van der Waals surface area contributed by atoms with Crippen LogP contribution in [-0.2, 0) is 6.54 Å². The average Bonchev–Trinajstić information content (AvgIpc) is 2.91. The summed E-state index contributed by atoms with van der Waals surface area (Å²) in [5.74, 6) is 1.32. The van der Waals surface area contributed by atoms with Gasteiger partial charge < -0.3 is 14.4 Å². The molecule has 1 fully saturated rings. The second kappa shape index (κ2) is 12.2. The van der Waals surface area contributed by atoms with Gasteiger partial charge in [-0.2, -0.15) is 0 Å². The van der Waals surface area contributed by atoms with Crippen molar-refractivity contribution in [2.24, 2.45) is 4.99 Å². The normalized spacial score (nSPS) is 14.4. The van der Waals surface area contributed by atoms with Crippen molar-refractivity contribution >= 4 is 17.6 Å². The number of rotatable bonds is 7. The van der Waals surface area contributed by atoms with Gasteiger partial charge in [-0.1, -0.05) is 30.3 Å². The fraction of sp³-hybridized carbons (Fsp3) is 0.286. The molecule has 8 heteroatoms. The molecule has 0 spiro atoms. The third-order valence-corrected chi connectivity index (χ3v) is 5.99. The summed E-state index contributed by atoms with van der Waals surface area (Å²) < 4.78 is 25.0. The van der Waals surface area contributed by atoms with Crippen LogP contribution >= 0.6 is 0 Å². The maximum Gasteiger partial charge on any atom is 0.257 e. The van der Waals surface area contributed by atoms with Crippen LogP contribution in [0.3, 0.4) is 0 Å². The molecule has 1 aliphatic rings. The molecule has 188 valence electrons. The minimum absolute atomic E-state index is 0.194. The van der Waals surface area contributed by atoms with Crippen LogP contribution in [0, 0.1) is 5.82 Å². The number of halogens is 1.